The molecule has 41 heavy (non-hydrogen) atoms. The second kappa shape index (κ2) is 12.6. The minimum absolute atomic E-state index is 0.0411. The van der Waals surface area contributed by atoms with Gasteiger partial charge in [0.1, 0.15) is 0 Å². The van der Waals surface area contributed by atoms with Crippen molar-refractivity contribution in [2.24, 2.45) is 4.99 Å². The summed E-state index contributed by atoms with van der Waals surface area (Å²) in [6, 6.07) is 14.1. The number of likely N-dealkylation sites (tertiary alicyclic amines) is 1. The lowest BCUT2D eigenvalue weighted by molar-refractivity contribution is -0.139. The third-order valence-electron chi connectivity index (χ3n) is 7.01. The van der Waals surface area contributed by atoms with Gasteiger partial charge in [-0.2, -0.15) is 0 Å². The first kappa shape index (κ1) is 28.4. The quantitative estimate of drug-likeness (QED) is 0.364. The van der Waals surface area contributed by atoms with Gasteiger partial charge in [-0.3, -0.25) is 14.2 Å². The summed E-state index contributed by atoms with van der Waals surface area (Å²) < 4.78 is 19.0. The van der Waals surface area contributed by atoms with Crippen molar-refractivity contribution in [1.29, 1.82) is 0 Å². The molecule has 1 atom stereocenters. The molecule has 3 heterocycles. The molecule has 5 rings (SSSR count). The number of benzene rings is 2. The van der Waals surface area contributed by atoms with E-state index in [0.717, 1.165) is 37.1 Å². The van der Waals surface area contributed by atoms with E-state index in [4.69, 9.17) is 14.2 Å². The van der Waals surface area contributed by atoms with E-state index < -0.39 is 12.0 Å². The average molecular weight is 576 g/mol. The molecule has 0 radical (unpaired) electrons. The van der Waals surface area contributed by atoms with E-state index in [1.54, 1.807) is 36.6 Å². The predicted octanol–water partition coefficient (Wildman–Crippen LogP) is 3.20. The molecule has 2 aromatic carbocycles. The van der Waals surface area contributed by atoms with E-state index in [1.807, 2.05) is 48.2 Å². The standard InChI is InChI=1S/C31H33N3O6S/c1-4-38-24-17-21(13-14-23(24)40-19-26(35)33-15-9-10-16-33)18-25-29(36)34-28(22-11-7-6-8-12-22)27(30(37)39-5-2)20(3)32-31(34)41-25/h6-8,11-14,17-18,28H,4-5,9-10,15-16,19H2,1-3H3/b25-18+/t28-/m1/s1. The highest BCUT2D eigenvalue weighted by atomic mass is 32.1. The fraction of sp³-hybridized carbons (Fsp3) is 0.355. The van der Waals surface area contributed by atoms with Crippen LogP contribution in [0.4, 0.5) is 0 Å². The number of fused-ring (bicyclic) bond motifs is 1. The van der Waals surface area contributed by atoms with Crippen LogP contribution in [0.15, 0.2) is 69.6 Å². The number of hydrogen-bond donors (Lipinski definition) is 0. The van der Waals surface area contributed by atoms with E-state index >= 15 is 0 Å². The Kier molecular flexibility index (Phi) is 8.68. The Balaban J connectivity index is 1.51. The summed E-state index contributed by atoms with van der Waals surface area (Å²) in [5, 5.41) is 0. The monoisotopic (exact) mass is 575 g/mol. The number of allylic oxidation sites excluding steroid dienone is 1. The Labute approximate surface area is 242 Å². The molecule has 214 valence electrons. The van der Waals surface area contributed by atoms with E-state index in [9.17, 15) is 14.4 Å². The third kappa shape index (κ3) is 5.97. The molecule has 2 aliphatic heterocycles. The zero-order valence-corrected chi connectivity index (χ0v) is 24.2. The predicted molar refractivity (Wildman–Crippen MR) is 156 cm³/mol. The van der Waals surface area contributed by atoms with Gasteiger partial charge >= 0.3 is 5.97 Å². The van der Waals surface area contributed by atoms with Crippen LogP contribution in [0.25, 0.3) is 6.08 Å². The molecule has 1 fully saturated rings. The molecule has 0 saturated carbocycles. The van der Waals surface area contributed by atoms with Crippen molar-refractivity contribution < 1.29 is 23.8 Å². The van der Waals surface area contributed by atoms with Crippen molar-refractivity contribution in [2.45, 2.75) is 39.7 Å². The first-order valence-corrected chi connectivity index (χ1v) is 14.6. The molecule has 1 saturated heterocycles. The lowest BCUT2D eigenvalue weighted by Crippen LogP contribution is -2.39. The van der Waals surface area contributed by atoms with Crippen LogP contribution in [0.1, 0.15) is 50.8 Å². The summed E-state index contributed by atoms with van der Waals surface area (Å²) in [7, 11) is 0. The second-order valence-corrected chi connectivity index (χ2v) is 10.7. The number of carbonyl (C=O) groups is 2. The van der Waals surface area contributed by atoms with Gasteiger partial charge in [0.2, 0.25) is 0 Å². The minimum atomic E-state index is -0.656. The molecule has 1 amide bonds. The summed E-state index contributed by atoms with van der Waals surface area (Å²) in [6.45, 7) is 7.49. The highest BCUT2D eigenvalue weighted by molar-refractivity contribution is 7.07. The van der Waals surface area contributed by atoms with Crippen LogP contribution in [0.5, 0.6) is 11.5 Å². The normalized spacial score (nSPS) is 16.8. The Morgan fingerprint density at radius 1 is 1.02 bits per heavy atom. The van der Waals surface area contributed by atoms with Crippen LogP contribution in [-0.2, 0) is 14.3 Å². The van der Waals surface area contributed by atoms with Crippen molar-refractivity contribution >= 4 is 29.3 Å². The Hall–Kier alpha value is -4.18. The van der Waals surface area contributed by atoms with Crippen molar-refractivity contribution in [1.82, 2.24) is 9.47 Å². The van der Waals surface area contributed by atoms with Gasteiger partial charge in [-0.1, -0.05) is 47.7 Å². The first-order valence-electron chi connectivity index (χ1n) is 13.8. The van der Waals surface area contributed by atoms with Crippen molar-refractivity contribution in [2.75, 3.05) is 32.9 Å². The summed E-state index contributed by atoms with van der Waals surface area (Å²) in [5.41, 5.74) is 2.14. The molecule has 9 nitrogen and oxygen atoms in total. The zero-order valence-electron chi connectivity index (χ0n) is 23.4. The highest BCUT2D eigenvalue weighted by Crippen LogP contribution is 2.31. The van der Waals surface area contributed by atoms with Gasteiger partial charge in [0.05, 0.1) is 35.1 Å². The zero-order chi connectivity index (χ0) is 28.9. The molecule has 0 unspecified atom stereocenters. The number of rotatable bonds is 9. The lowest BCUT2D eigenvalue weighted by atomic mass is 9.96. The van der Waals surface area contributed by atoms with Gasteiger partial charge in [0, 0.05) is 13.1 Å². The van der Waals surface area contributed by atoms with Crippen LogP contribution < -0.4 is 24.4 Å². The Bertz CT molecular complexity index is 1650. The van der Waals surface area contributed by atoms with E-state index in [2.05, 4.69) is 4.99 Å². The average Bonchev–Trinajstić information content (AvgIpc) is 3.61. The Morgan fingerprint density at radius 2 is 1.78 bits per heavy atom. The fourth-order valence-corrected chi connectivity index (χ4v) is 6.14. The SMILES string of the molecule is CCOC(=O)C1=C(C)N=c2s/c(=C/c3ccc(OCC(=O)N4CCCC4)c(OCC)c3)c(=O)n2[C@@H]1c1ccccc1. The van der Waals surface area contributed by atoms with Gasteiger partial charge < -0.3 is 19.1 Å². The molecule has 0 N–H and O–H groups in total. The van der Waals surface area contributed by atoms with Gasteiger partial charge in [-0.15, -0.1) is 0 Å². The van der Waals surface area contributed by atoms with Gasteiger partial charge in [-0.05, 0) is 62.9 Å². The maximum Gasteiger partial charge on any atom is 0.338 e. The van der Waals surface area contributed by atoms with Gasteiger partial charge in [0.25, 0.3) is 11.5 Å². The number of carbonyl (C=O) groups excluding carboxylic acids is 2. The number of hydrogen-bond acceptors (Lipinski definition) is 8. The number of nitrogens with zero attached hydrogens (tertiary/aromatic N) is 3. The van der Waals surface area contributed by atoms with Gasteiger partial charge in [0.15, 0.2) is 22.9 Å². The fourth-order valence-electron chi connectivity index (χ4n) is 5.09. The number of amides is 1. The lowest BCUT2D eigenvalue weighted by Gasteiger charge is -2.24. The smallest absolute Gasteiger partial charge is 0.338 e. The molecule has 10 heteroatoms. The largest absolute Gasteiger partial charge is 0.490 e. The topological polar surface area (TPSA) is 99.4 Å². The maximum absolute atomic E-state index is 13.8. The van der Waals surface area contributed by atoms with Crippen molar-refractivity contribution in [3.8, 4) is 11.5 Å². The van der Waals surface area contributed by atoms with Crippen molar-refractivity contribution in [3.63, 3.8) is 0 Å². The molecule has 3 aromatic rings. The molecule has 1 aromatic heterocycles. The molecule has 2 aliphatic rings. The molecule has 0 bridgehead atoms. The number of ether oxygens (including phenoxy) is 3. The number of esters is 1. The van der Waals surface area contributed by atoms with Crippen LogP contribution in [0, 0.1) is 0 Å². The summed E-state index contributed by atoms with van der Waals surface area (Å²) in [5.74, 6) is 0.431. The third-order valence-corrected chi connectivity index (χ3v) is 7.99. The van der Waals surface area contributed by atoms with Crippen LogP contribution >= 0.6 is 11.3 Å². The van der Waals surface area contributed by atoms with Crippen LogP contribution in [0.3, 0.4) is 0 Å². The molecular formula is C31H33N3O6S. The summed E-state index contributed by atoms with van der Waals surface area (Å²) in [4.78, 5) is 46.2. The van der Waals surface area contributed by atoms with Crippen LogP contribution in [-0.4, -0.2) is 54.3 Å². The maximum atomic E-state index is 13.8. The minimum Gasteiger partial charge on any atom is -0.490 e. The number of thiazole rings is 1. The van der Waals surface area contributed by atoms with E-state index in [1.165, 1.54) is 11.3 Å². The first-order chi connectivity index (χ1) is 19.9. The van der Waals surface area contributed by atoms with E-state index in [-0.39, 0.29) is 24.7 Å². The number of aromatic nitrogens is 1. The Morgan fingerprint density at radius 3 is 2.49 bits per heavy atom. The van der Waals surface area contributed by atoms with Crippen LogP contribution in [0.2, 0.25) is 0 Å². The summed E-state index contributed by atoms with van der Waals surface area (Å²) >= 11 is 1.26. The highest BCUT2D eigenvalue weighted by Gasteiger charge is 2.33. The molecular weight excluding hydrogens is 542 g/mol. The van der Waals surface area contributed by atoms with E-state index in [0.29, 0.717) is 38.7 Å². The molecule has 0 aliphatic carbocycles. The summed E-state index contributed by atoms with van der Waals surface area (Å²) in [6.07, 6.45) is 3.81. The second-order valence-electron chi connectivity index (χ2n) is 9.73. The molecule has 0 spiro atoms. The van der Waals surface area contributed by atoms with Gasteiger partial charge in [-0.25, -0.2) is 9.79 Å². The van der Waals surface area contributed by atoms with Crippen molar-refractivity contribution in [3.05, 3.63) is 90.6 Å².